The smallest absolute Gasteiger partial charge is 0.266 e. The predicted molar refractivity (Wildman–Crippen MR) is 90.4 cm³/mol. The zero-order valence-corrected chi connectivity index (χ0v) is 13.4. The number of hydrogen-bond donors (Lipinski definition) is 1. The molecular formula is C15H11N3O3S2. The molecule has 0 aromatic carbocycles. The maximum atomic E-state index is 12.4. The van der Waals surface area contributed by atoms with E-state index in [0.717, 1.165) is 4.88 Å². The Morgan fingerprint density at radius 2 is 2.30 bits per heavy atom. The second kappa shape index (κ2) is 6.27. The van der Waals surface area contributed by atoms with Crippen molar-refractivity contribution in [3.05, 3.63) is 47.5 Å². The monoisotopic (exact) mass is 345 g/mol. The number of thiocarbonyl (C=S) groups is 1. The third kappa shape index (κ3) is 2.99. The largest absolute Gasteiger partial charge is 0.355 e. The Bertz CT molecular complexity index is 821. The maximum absolute atomic E-state index is 12.4. The molecule has 6 nitrogen and oxygen atoms in total. The molecule has 0 radical (unpaired) electrons. The van der Waals surface area contributed by atoms with Gasteiger partial charge in [-0.25, -0.2) is 0 Å². The number of aromatic nitrogens is 1. The Morgan fingerprint density at radius 3 is 3.00 bits per heavy atom. The first kappa shape index (κ1) is 15.3. The van der Waals surface area contributed by atoms with Crippen LogP contribution in [0.15, 0.2) is 46.3 Å². The average Bonchev–Trinajstić information content (AvgIpc) is 3.18. The number of amides is 2. The molecule has 3 rings (SSSR count). The lowest BCUT2D eigenvalue weighted by Crippen LogP contribution is -2.53. The van der Waals surface area contributed by atoms with Gasteiger partial charge in [0.1, 0.15) is 11.3 Å². The Labute approximate surface area is 141 Å². The first-order chi connectivity index (χ1) is 11.1. The lowest BCUT2D eigenvalue weighted by molar-refractivity contribution is -0.128. The highest BCUT2D eigenvalue weighted by atomic mass is 32.1. The SMILES string of the molecule is C=CCN1C(=O)/C(=C/c2cc(-c3cccs3)on2)C(=O)NC1=S. The van der Waals surface area contributed by atoms with Gasteiger partial charge in [-0.05, 0) is 29.7 Å². The molecular weight excluding hydrogens is 334 g/mol. The maximum Gasteiger partial charge on any atom is 0.266 e. The second-order valence-electron chi connectivity index (χ2n) is 4.62. The van der Waals surface area contributed by atoms with E-state index in [2.05, 4.69) is 17.1 Å². The van der Waals surface area contributed by atoms with E-state index in [0.29, 0.717) is 11.5 Å². The Kier molecular flexibility index (Phi) is 4.18. The molecule has 23 heavy (non-hydrogen) atoms. The van der Waals surface area contributed by atoms with Crippen LogP contribution in [-0.4, -0.2) is 33.5 Å². The van der Waals surface area contributed by atoms with Crippen molar-refractivity contribution in [2.75, 3.05) is 6.54 Å². The van der Waals surface area contributed by atoms with E-state index in [1.807, 2.05) is 17.5 Å². The lowest BCUT2D eigenvalue weighted by Gasteiger charge is -2.27. The van der Waals surface area contributed by atoms with Crippen molar-refractivity contribution in [2.45, 2.75) is 0 Å². The van der Waals surface area contributed by atoms with Gasteiger partial charge in [0.2, 0.25) is 0 Å². The molecule has 2 amide bonds. The van der Waals surface area contributed by atoms with Gasteiger partial charge >= 0.3 is 0 Å². The van der Waals surface area contributed by atoms with Crippen LogP contribution in [0.2, 0.25) is 0 Å². The minimum Gasteiger partial charge on any atom is -0.355 e. The number of nitrogens with zero attached hydrogens (tertiary/aromatic N) is 2. The molecule has 1 fully saturated rings. The summed E-state index contributed by atoms with van der Waals surface area (Å²) in [6.45, 7) is 3.79. The molecule has 0 saturated carbocycles. The molecule has 2 aromatic heterocycles. The molecule has 0 spiro atoms. The number of carbonyl (C=O) groups is 2. The third-order valence-corrected chi connectivity index (χ3v) is 4.29. The Morgan fingerprint density at radius 1 is 1.48 bits per heavy atom. The molecule has 0 bridgehead atoms. The highest BCUT2D eigenvalue weighted by molar-refractivity contribution is 7.80. The van der Waals surface area contributed by atoms with Crippen molar-refractivity contribution in [1.82, 2.24) is 15.4 Å². The summed E-state index contributed by atoms with van der Waals surface area (Å²) in [6.07, 6.45) is 2.92. The van der Waals surface area contributed by atoms with Gasteiger partial charge in [0.25, 0.3) is 11.8 Å². The average molecular weight is 345 g/mol. The number of rotatable bonds is 4. The first-order valence-electron chi connectivity index (χ1n) is 6.60. The van der Waals surface area contributed by atoms with Crippen LogP contribution in [0, 0.1) is 0 Å². The van der Waals surface area contributed by atoms with Gasteiger partial charge in [0, 0.05) is 12.6 Å². The van der Waals surface area contributed by atoms with Crippen molar-refractivity contribution >= 4 is 46.6 Å². The van der Waals surface area contributed by atoms with Gasteiger partial charge in [0.05, 0.1) is 4.88 Å². The fourth-order valence-electron chi connectivity index (χ4n) is 2.03. The van der Waals surface area contributed by atoms with Crippen LogP contribution in [0.3, 0.4) is 0 Å². The molecule has 0 unspecified atom stereocenters. The summed E-state index contributed by atoms with van der Waals surface area (Å²) in [5, 5.41) is 8.34. The molecule has 0 atom stereocenters. The van der Waals surface area contributed by atoms with E-state index in [1.54, 1.807) is 6.07 Å². The van der Waals surface area contributed by atoms with Crippen molar-refractivity contribution in [3.63, 3.8) is 0 Å². The van der Waals surface area contributed by atoms with Crippen molar-refractivity contribution in [1.29, 1.82) is 0 Å². The summed E-state index contributed by atoms with van der Waals surface area (Å²) in [5.41, 5.74) is 0.338. The normalized spacial score (nSPS) is 16.8. The van der Waals surface area contributed by atoms with Gasteiger partial charge in [-0.3, -0.25) is 19.8 Å². The van der Waals surface area contributed by atoms with E-state index in [9.17, 15) is 9.59 Å². The number of thiophene rings is 1. The Balaban J connectivity index is 1.91. The lowest BCUT2D eigenvalue weighted by atomic mass is 10.1. The van der Waals surface area contributed by atoms with Crippen LogP contribution in [0.25, 0.3) is 16.7 Å². The zero-order chi connectivity index (χ0) is 16.4. The van der Waals surface area contributed by atoms with E-state index < -0.39 is 11.8 Å². The van der Waals surface area contributed by atoms with Gasteiger partial charge in [-0.15, -0.1) is 17.9 Å². The topological polar surface area (TPSA) is 75.4 Å². The summed E-state index contributed by atoms with van der Waals surface area (Å²) in [4.78, 5) is 26.6. The first-order valence-corrected chi connectivity index (χ1v) is 7.89. The zero-order valence-electron chi connectivity index (χ0n) is 11.8. The standard InChI is InChI=1S/C15H11N3O3S2/c1-2-5-18-14(20)10(13(19)16-15(18)22)7-9-8-11(21-17-9)12-4-3-6-23-12/h2-4,6-8H,1,5H2,(H,16,19,22)/b10-7+. The summed E-state index contributed by atoms with van der Waals surface area (Å²) in [5.74, 6) is -0.464. The summed E-state index contributed by atoms with van der Waals surface area (Å²) in [7, 11) is 0. The van der Waals surface area contributed by atoms with Crippen LogP contribution in [0.1, 0.15) is 5.69 Å². The fourth-order valence-corrected chi connectivity index (χ4v) is 2.95. The Hall–Kier alpha value is -2.58. The summed E-state index contributed by atoms with van der Waals surface area (Å²) < 4.78 is 5.23. The molecule has 116 valence electrons. The predicted octanol–water partition coefficient (Wildman–Crippen LogP) is 2.22. The van der Waals surface area contributed by atoms with Crippen molar-refractivity contribution < 1.29 is 14.1 Å². The van der Waals surface area contributed by atoms with Crippen molar-refractivity contribution in [3.8, 4) is 10.6 Å². The molecule has 0 aliphatic carbocycles. The number of hydrogen-bond acceptors (Lipinski definition) is 6. The van der Waals surface area contributed by atoms with Crippen LogP contribution in [0.5, 0.6) is 0 Å². The van der Waals surface area contributed by atoms with Gasteiger partial charge in [-0.2, -0.15) is 0 Å². The molecule has 3 heterocycles. The number of carbonyl (C=O) groups excluding carboxylic acids is 2. The van der Waals surface area contributed by atoms with Crippen molar-refractivity contribution in [2.24, 2.45) is 0 Å². The summed E-state index contributed by atoms with van der Waals surface area (Å²) >= 11 is 6.49. The fraction of sp³-hybridized carbons (Fsp3) is 0.0667. The molecule has 1 saturated heterocycles. The van der Waals surface area contributed by atoms with E-state index in [1.165, 1.54) is 28.4 Å². The molecule has 1 N–H and O–H groups in total. The third-order valence-electron chi connectivity index (χ3n) is 3.08. The molecule has 1 aliphatic rings. The van der Waals surface area contributed by atoms with E-state index >= 15 is 0 Å². The second-order valence-corrected chi connectivity index (χ2v) is 5.95. The number of nitrogens with one attached hydrogen (secondary N) is 1. The highest BCUT2D eigenvalue weighted by Gasteiger charge is 2.32. The quantitative estimate of drug-likeness (QED) is 0.398. The van der Waals surface area contributed by atoms with Crippen LogP contribution in [-0.2, 0) is 9.59 Å². The van der Waals surface area contributed by atoms with Crippen LogP contribution >= 0.6 is 23.6 Å². The van der Waals surface area contributed by atoms with Gasteiger partial charge < -0.3 is 4.52 Å². The van der Waals surface area contributed by atoms with Gasteiger partial charge in [0.15, 0.2) is 10.9 Å². The minimum absolute atomic E-state index is 0.0496. The summed E-state index contributed by atoms with van der Waals surface area (Å²) in [6, 6.07) is 5.46. The minimum atomic E-state index is -0.555. The van der Waals surface area contributed by atoms with Crippen LogP contribution < -0.4 is 5.32 Å². The molecule has 8 heteroatoms. The highest BCUT2D eigenvalue weighted by Crippen LogP contribution is 2.26. The van der Waals surface area contributed by atoms with E-state index in [-0.39, 0.29) is 17.2 Å². The molecule has 2 aromatic rings. The molecule has 1 aliphatic heterocycles. The van der Waals surface area contributed by atoms with Crippen LogP contribution in [0.4, 0.5) is 0 Å². The van der Waals surface area contributed by atoms with E-state index in [4.69, 9.17) is 16.7 Å². The van der Waals surface area contributed by atoms with Gasteiger partial charge in [-0.1, -0.05) is 17.3 Å².